The van der Waals surface area contributed by atoms with Gasteiger partial charge < -0.3 is 10.8 Å². The molecule has 0 aliphatic rings. The highest BCUT2D eigenvalue weighted by molar-refractivity contribution is 6.42. The Kier molecular flexibility index (Phi) is 3.59. The Morgan fingerprint density at radius 1 is 1.26 bits per heavy atom. The zero-order chi connectivity index (χ0) is 14.2. The number of hydrogen-bond donors (Lipinski definition) is 2. The molecular weight excluding hydrogens is 289 g/mol. The molecule has 0 saturated carbocycles. The lowest BCUT2D eigenvalue weighted by molar-refractivity contribution is 0.0696. The van der Waals surface area contributed by atoms with Gasteiger partial charge in [-0.05, 0) is 25.1 Å². The first kappa shape index (κ1) is 13.6. The molecule has 2 aromatic rings. The number of hydrogen-bond acceptors (Lipinski definition) is 4. The van der Waals surface area contributed by atoms with Crippen LogP contribution in [0.3, 0.4) is 0 Å². The molecule has 1 heterocycles. The van der Waals surface area contributed by atoms with E-state index in [2.05, 4.69) is 9.97 Å². The minimum Gasteiger partial charge on any atom is -0.477 e. The van der Waals surface area contributed by atoms with E-state index in [0.717, 1.165) is 0 Å². The molecule has 98 valence electrons. The lowest BCUT2D eigenvalue weighted by Crippen LogP contribution is -2.10. The van der Waals surface area contributed by atoms with Gasteiger partial charge in [0.05, 0.1) is 15.7 Å². The van der Waals surface area contributed by atoms with E-state index in [9.17, 15) is 4.79 Å². The standard InChI is InChI=1S/C12H9Cl2N3O2/c1-5-9(12(18)19)10(15)17-11(16-5)6-2-3-7(13)8(14)4-6/h2-4H,1H3,(H,18,19)(H2,15,16,17). The molecule has 0 aliphatic carbocycles. The molecule has 7 heteroatoms. The quantitative estimate of drug-likeness (QED) is 0.889. The van der Waals surface area contributed by atoms with Crippen molar-refractivity contribution in [1.82, 2.24) is 9.97 Å². The topological polar surface area (TPSA) is 89.1 Å². The molecule has 0 saturated heterocycles. The summed E-state index contributed by atoms with van der Waals surface area (Å²) in [6, 6.07) is 4.89. The second-order valence-electron chi connectivity index (χ2n) is 3.83. The Bertz CT molecular complexity index is 651. The zero-order valence-electron chi connectivity index (χ0n) is 9.82. The van der Waals surface area contributed by atoms with Crippen LogP contribution in [-0.4, -0.2) is 21.0 Å². The number of aromatic carboxylic acids is 1. The maximum Gasteiger partial charge on any atom is 0.341 e. The van der Waals surface area contributed by atoms with Gasteiger partial charge in [-0.1, -0.05) is 23.2 Å². The Morgan fingerprint density at radius 3 is 2.47 bits per heavy atom. The van der Waals surface area contributed by atoms with E-state index < -0.39 is 5.97 Å². The molecule has 19 heavy (non-hydrogen) atoms. The highest BCUT2D eigenvalue weighted by atomic mass is 35.5. The smallest absolute Gasteiger partial charge is 0.341 e. The van der Waals surface area contributed by atoms with Crippen LogP contribution in [0.15, 0.2) is 18.2 Å². The fourth-order valence-electron chi connectivity index (χ4n) is 1.62. The van der Waals surface area contributed by atoms with Crippen LogP contribution < -0.4 is 5.73 Å². The Balaban J connectivity index is 2.58. The third kappa shape index (κ3) is 2.62. The lowest BCUT2D eigenvalue weighted by atomic mass is 10.1. The van der Waals surface area contributed by atoms with Crippen LogP contribution >= 0.6 is 23.2 Å². The fourth-order valence-corrected chi connectivity index (χ4v) is 1.92. The highest BCUT2D eigenvalue weighted by Gasteiger charge is 2.16. The maximum atomic E-state index is 11.0. The summed E-state index contributed by atoms with van der Waals surface area (Å²) in [6.07, 6.45) is 0. The molecule has 2 rings (SSSR count). The first-order chi connectivity index (χ1) is 8.90. The molecule has 0 spiro atoms. The second-order valence-corrected chi connectivity index (χ2v) is 4.64. The van der Waals surface area contributed by atoms with Crippen molar-refractivity contribution in [2.24, 2.45) is 0 Å². The number of rotatable bonds is 2. The molecule has 1 aromatic heterocycles. The number of nitrogens with two attached hydrogens (primary N) is 1. The number of halogens is 2. The van der Waals surface area contributed by atoms with E-state index >= 15 is 0 Å². The van der Waals surface area contributed by atoms with Crippen LogP contribution in [0.2, 0.25) is 10.0 Å². The molecule has 3 N–H and O–H groups in total. The van der Waals surface area contributed by atoms with Gasteiger partial charge in [0, 0.05) is 5.56 Å². The van der Waals surface area contributed by atoms with Gasteiger partial charge in [-0.2, -0.15) is 0 Å². The number of benzene rings is 1. The second kappa shape index (κ2) is 5.03. The van der Waals surface area contributed by atoms with Crippen molar-refractivity contribution in [2.75, 3.05) is 5.73 Å². The van der Waals surface area contributed by atoms with Crippen molar-refractivity contribution in [2.45, 2.75) is 6.92 Å². The molecule has 0 amide bonds. The zero-order valence-corrected chi connectivity index (χ0v) is 11.3. The van der Waals surface area contributed by atoms with E-state index in [-0.39, 0.29) is 11.4 Å². The summed E-state index contributed by atoms with van der Waals surface area (Å²) < 4.78 is 0. The summed E-state index contributed by atoms with van der Waals surface area (Å²) in [5, 5.41) is 9.77. The monoisotopic (exact) mass is 297 g/mol. The van der Waals surface area contributed by atoms with Gasteiger partial charge in [-0.25, -0.2) is 14.8 Å². The van der Waals surface area contributed by atoms with Crippen molar-refractivity contribution < 1.29 is 9.90 Å². The van der Waals surface area contributed by atoms with Gasteiger partial charge >= 0.3 is 5.97 Å². The van der Waals surface area contributed by atoms with E-state index in [1.807, 2.05) is 0 Å². The van der Waals surface area contributed by atoms with E-state index in [0.29, 0.717) is 27.1 Å². The lowest BCUT2D eigenvalue weighted by Gasteiger charge is -2.07. The Hall–Kier alpha value is -1.85. The van der Waals surface area contributed by atoms with E-state index in [1.54, 1.807) is 25.1 Å². The van der Waals surface area contributed by atoms with Gasteiger partial charge in [-0.3, -0.25) is 0 Å². The van der Waals surface area contributed by atoms with Crippen LogP contribution in [0, 0.1) is 6.92 Å². The number of anilines is 1. The summed E-state index contributed by atoms with van der Waals surface area (Å²) in [5.41, 5.74) is 6.45. The molecule has 0 atom stereocenters. The van der Waals surface area contributed by atoms with Crippen LogP contribution in [0.5, 0.6) is 0 Å². The summed E-state index contributed by atoms with van der Waals surface area (Å²) in [4.78, 5) is 19.1. The third-order valence-electron chi connectivity index (χ3n) is 2.51. The molecule has 5 nitrogen and oxygen atoms in total. The summed E-state index contributed by atoms with van der Waals surface area (Å²) in [6.45, 7) is 1.56. The first-order valence-electron chi connectivity index (χ1n) is 5.23. The summed E-state index contributed by atoms with van der Waals surface area (Å²) >= 11 is 11.7. The van der Waals surface area contributed by atoms with Gasteiger partial charge in [0.1, 0.15) is 11.4 Å². The van der Waals surface area contributed by atoms with Crippen molar-refractivity contribution in [3.8, 4) is 11.4 Å². The number of carboxylic acids is 1. The van der Waals surface area contributed by atoms with Crippen molar-refractivity contribution in [3.05, 3.63) is 39.5 Å². The number of aryl methyl sites for hydroxylation is 1. The largest absolute Gasteiger partial charge is 0.477 e. The number of carbonyl (C=O) groups is 1. The molecule has 0 radical (unpaired) electrons. The van der Waals surface area contributed by atoms with Gasteiger partial charge in [-0.15, -0.1) is 0 Å². The van der Waals surface area contributed by atoms with Gasteiger partial charge in [0.2, 0.25) is 0 Å². The molecule has 0 bridgehead atoms. The number of carboxylic acid groups (broad SMARTS) is 1. The summed E-state index contributed by atoms with van der Waals surface area (Å²) in [7, 11) is 0. The number of aromatic nitrogens is 2. The number of nitrogens with zero attached hydrogens (tertiary/aromatic N) is 2. The predicted molar refractivity (Wildman–Crippen MR) is 73.6 cm³/mol. The van der Waals surface area contributed by atoms with Crippen LogP contribution in [0.4, 0.5) is 5.82 Å². The average Bonchev–Trinajstić information content (AvgIpc) is 2.31. The molecule has 0 aliphatic heterocycles. The first-order valence-corrected chi connectivity index (χ1v) is 5.98. The van der Waals surface area contributed by atoms with Crippen LogP contribution in [0.1, 0.15) is 16.1 Å². The fraction of sp³-hybridized carbons (Fsp3) is 0.0833. The average molecular weight is 298 g/mol. The number of nitrogen functional groups attached to an aromatic ring is 1. The Labute approximate surface area is 119 Å². The van der Waals surface area contributed by atoms with Crippen molar-refractivity contribution >= 4 is 35.0 Å². The molecular formula is C12H9Cl2N3O2. The maximum absolute atomic E-state index is 11.0. The SMILES string of the molecule is Cc1nc(-c2ccc(Cl)c(Cl)c2)nc(N)c1C(=O)O. The van der Waals surface area contributed by atoms with Crippen molar-refractivity contribution in [1.29, 1.82) is 0 Å². The minimum absolute atomic E-state index is 0.0823. The Morgan fingerprint density at radius 2 is 1.95 bits per heavy atom. The van der Waals surface area contributed by atoms with Crippen LogP contribution in [-0.2, 0) is 0 Å². The molecule has 0 unspecified atom stereocenters. The van der Waals surface area contributed by atoms with Crippen molar-refractivity contribution in [3.63, 3.8) is 0 Å². The van der Waals surface area contributed by atoms with E-state index in [1.165, 1.54) is 0 Å². The highest BCUT2D eigenvalue weighted by Crippen LogP contribution is 2.28. The normalized spacial score (nSPS) is 10.5. The van der Waals surface area contributed by atoms with Gasteiger partial charge in [0.25, 0.3) is 0 Å². The molecule has 1 aromatic carbocycles. The van der Waals surface area contributed by atoms with Gasteiger partial charge in [0.15, 0.2) is 5.82 Å². The van der Waals surface area contributed by atoms with E-state index in [4.69, 9.17) is 34.0 Å². The van der Waals surface area contributed by atoms with Crippen LogP contribution in [0.25, 0.3) is 11.4 Å². The predicted octanol–water partition coefficient (Wildman–Crippen LogP) is 3.04. The minimum atomic E-state index is -1.16. The summed E-state index contributed by atoms with van der Waals surface area (Å²) in [5.74, 6) is -0.935. The third-order valence-corrected chi connectivity index (χ3v) is 3.25. The molecule has 0 fully saturated rings.